The summed E-state index contributed by atoms with van der Waals surface area (Å²) in [5.41, 5.74) is 1.13. The van der Waals surface area contributed by atoms with Gasteiger partial charge in [0.15, 0.2) is 0 Å². The van der Waals surface area contributed by atoms with Crippen LogP contribution in [0.3, 0.4) is 0 Å². The summed E-state index contributed by atoms with van der Waals surface area (Å²) >= 11 is 1.72. The van der Waals surface area contributed by atoms with E-state index in [0.717, 1.165) is 43.2 Å². The average molecular weight is 296 g/mol. The van der Waals surface area contributed by atoms with Gasteiger partial charge in [0.05, 0.1) is 12.3 Å². The first-order valence-electron chi connectivity index (χ1n) is 7.68. The molecule has 3 heterocycles. The number of hydrogen-bond acceptors (Lipinski definition) is 5. The summed E-state index contributed by atoms with van der Waals surface area (Å²) in [5, 5.41) is 12.9. The normalized spacial score (nSPS) is 31.8. The van der Waals surface area contributed by atoms with E-state index in [1.165, 1.54) is 12.8 Å². The van der Waals surface area contributed by atoms with Gasteiger partial charge in [0.1, 0.15) is 11.1 Å². The number of aromatic nitrogens is 1. The Morgan fingerprint density at radius 3 is 3.10 bits per heavy atom. The van der Waals surface area contributed by atoms with Gasteiger partial charge in [-0.2, -0.15) is 0 Å². The Hall–Kier alpha value is -0.490. The van der Waals surface area contributed by atoms with Crippen LogP contribution in [0.4, 0.5) is 0 Å². The fourth-order valence-corrected chi connectivity index (χ4v) is 4.24. The van der Waals surface area contributed by atoms with Gasteiger partial charge in [-0.3, -0.25) is 4.90 Å². The maximum Gasteiger partial charge on any atom is 0.122 e. The predicted molar refractivity (Wildman–Crippen MR) is 79.7 cm³/mol. The van der Waals surface area contributed by atoms with Crippen LogP contribution in [0.15, 0.2) is 5.38 Å². The fourth-order valence-electron chi connectivity index (χ4n) is 3.35. The molecule has 2 aliphatic heterocycles. The number of aliphatic hydroxyl groups excluding tert-OH is 1. The van der Waals surface area contributed by atoms with Crippen molar-refractivity contribution in [2.45, 2.75) is 51.3 Å². The zero-order valence-corrected chi connectivity index (χ0v) is 12.9. The van der Waals surface area contributed by atoms with Crippen molar-refractivity contribution in [3.8, 4) is 0 Å². The van der Waals surface area contributed by atoms with Crippen molar-refractivity contribution in [2.24, 2.45) is 5.92 Å². The summed E-state index contributed by atoms with van der Waals surface area (Å²) in [6.45, 7) is 5.30. The lowest BCUT2D eigenvalue weighted by Gasteiger charge is -2.38. The van der Waals surface area contributed by atoms with E-state index in [9.17, 15) is 5.11 Å². The van der Waals surface area contributed by atoms with Crippen LogP contribution in [0.5, 0.6) is 0 Å². The van der Waals surface area contributed by atoms with Gasteiger partial charge in [-0.25, -0.2) is 4.98 Å². The average Bonchev–Trinajstić information content (AvgIpc) is 3.09. The molecule has 1 aromatic rings. The van der Waals surface area contributed by atoms with Crippen molar-refractivity contribution in [2.75, 3.05) is 19.8 Å². The SMILES string of the molecule is CC1CCCN(Cc2csc(C3CCCO3)n2)C1CO. The molecule has 3 rings (SSSR count). The number of nitrogens with zero attached hydrogens (tertiary/aromatic N) is 2. The van der Waals surface area contributed by atoms with Gasteiger partial charge >= 0.3 is 0 Å². The smallest absolute Gasteiger partial charge is 0.122 e. The van der Waals surface area contributed by atoms with Crippen LogP contribution in [0, 0.1) is 5.92 Å². The van der Waals surface area contributed by atoms with Crippen molar-refractivity contribution in [3.63, 3.8) is 0 Å². The molecule has 3 unspecified atom stereocenters. The van der Waals surface area contributed by atoms with E-state index in [4.69, 9.17) is 9.72 Å². The van der Waals surface area contributed by atoms with Crippen LogP contribution in [0.1, 0.15) is 49.4 Å². The highest BCUT2D eigenvalue weighted by Gasteiger charge is 2.28. The molecule has 2 fully saturated rings. The van der Waals surface area contributed by atoms with Gasteiger partial charge in [0.25, 0.3) is 0 Å². The second-order valence-corrected chi connectivity index (χ2v) is 6.91. The largest absolute Gasteiger partial charge is 0.395 e. The van der Waals surface area contributed by atoms with Gasteiger partial charge < -0.3 is 9.84 Å². The first-order valence-corrected chi connectivity index (χ1v) is 8.56. The molecule has 1 aromatic heterocycles. The van der Waals surface area contributed by atoms with Gasteiger partial charge in [-0.05, 0) is 38.1 Å². The minimum atomic E-state index is 0.225. The van der Waals surface area contributed by atoms with E-state index in [2.05, 4.69) is 17.2 Å². The van der Waals surface area contributed by atoms with Gasteiger partial charge in [0, 0.05) is 24.6 Å². The lowest BCUT2D eigenvalue weighted by Crippen LogP contribution is -2.46. The summed E-state index contributed by atoms with van der Waals surface area (Å²) in [6, 6.07) is 0.289. The molecule has 112 valence electrons. The second kappa shape index (κ2) is 6.52. The zero-order valence-electron chi connectivity index (χ0n) is 12.1. The Kier molecular flexibility index (Phi) is 4.71. The molecule has 1 N–H and O–H groups in total. The van der Waals surface area contributed by atoms with E-state index in [0.29, 0.717) is 5.92 Å². The third kappa shape index (κ3) is 3.06. The van der Waals surface area contributed by atoms with Crippen LogP contribution in [-0.2, 0) is 11.3 Å². The zero-order chi connectivity index (χ0) is 13.9. The number of ether oxygens (including phenoxy) is 1. The van der Waals surface area contributed by atoms with Crippen LogP contribution in [0.2, 0.25) is 0 Å². The van der Waals surface area contributed by atoms with Crippen LogP contribution in [0.25, 0.3) is 0 Å². The minimum Gasteiger partial charge on any atom is -0.395 e. The molecule has 0 aromatic carbocycles. The van der Waals surface area contributed by atoms with Crippen molar-refractivity contribution in [1.29, 1.82) is 0 Å². The van der Waals surface area contributed by atoms with Crippen molar-refractivity contribution < 1.29 is 9.84 Å². The second-order valence-electron chi connectivity index (χ2n) is 6.02. The first kappa shape index (κ1) is 14.4. The Bertz CT molecular complexity index is 431. The topological polar surface area (TPSA) is 45.6 Å². The Labute approximate surface area is 124 Å². The number of rotatable bonds is 4. The molecule has 0 saturated carbocycles. The monoisotopic (exact) mass is 296 g/mol. The van der Waals surface area contributed by atoms with Crippen molar-refractivity contribution >= 4 is 11.3 Å². The predicted octanol–water partition coefficient (Wildman–Crippen LogP) is 2.59. The molecule has 4 nitrogen and oxygen atoms in total. The van der Waals surface area contributed by atoms with Crippen LogP contribution in [-0.4, -0.2) is 40.8 Å². The molecule has 5 heteroatoms. The van der Waals surface area contributed by atoms with Crippen LogP contribution < -0.4 is 0 Å². The molecule has 2 aliphatic rings. The lowest BCUT2D eigenvalue weighted by molar-refractivity contribution is 0.0463. The Morgan fingerprint density at radius 2 is 2.35 bits per heavy atom. The van der Waals surface area contributed by atoms with E-state index in [1.54, 1.807) is 11.3 Å². The third-order valence-electron chi connectivity index (χ3n) is 4.56. The van der Waals surface area contributed by atoms with Gasteiger partial charge in [-0.1, -0.05) is 6.92 Å². The van der Waals surface area contributed by atoms with E-state index in [-0.39, 0.29) is 18.8 Å². The maximum absolute atomic E-state index is 9.61. The number of hydrogen-bond donors (Lipinski definition) is 1. The molecule has 20 heavy (non-hydrogen) atoms. The summed E-state index contributed by atoms with van der Waals surface area (Å²) < 4.78 is 5.70. The molecule has 0 spiro atoms. The molecule has 0 radical (unpaired) electrons. The van der Waals surface area contributed by atoms with Gasteiger partial charge in [0.2, 0.25) is 0 Å². The Balaban J connectivity index is 1.64. The molecule has 0 bridgehead atoms. The molecular formula is C15H24N2O2S. The number of likely N-dealkylation sites (tertiary alicyclic amines) is 1. The highest BCUT2D eigenvalue weighted by Crippen LogP contribution is 2.31. The number of aliphatic hydroxyl groups is 1. The molecule has 0 aliphatic carbocycles. The van der Waals surface area contributed by atoms with Gasteiger partial charge in [-0.15, -0.1) is 11.3 Å². The standard InChI is InChI=1S/C15H24N2O2S/c1-11-4-2-6-17(13(11)9-18)8-12-10-20-15(16-12)14-5-3-7-19-14/h10-11,13-14,18H,2-9H2,1H3. The maximum atomic E-state index is 9.61. The highest BCUT2D eigenvalue weighted by atomic mass is 32.1. The minimum absolute atomic E-state index is 0.225. The number of thiazole rings is 1. The molecule has 3 atom stereocenters. The molecular weight excluding hydrogens is 272 g/mol. The quantitative estimate of drug-likeness (QED) is 0.927. The molecule has 2 saturated heterocycles. The summed E-state index contributed by atoms with van der Waals surface area (Å²) in [6.07, 6.45) is 4.92. The lowest BCUT2D eigenvalue weighted by atomic mass is 9.91. The van der Waals surface area contributed by atoms with Crippen molar-refractivity contribution in [3.05, 3.63) is 16.1 Å². The fraction of sp³-hybridized carbons (Fsp3) is 0.800. The first-order chi connectivity index (χ1) is 9.78. The Morgan fingerprint density at radius 1 is 1.45 bits per heavy atom. The highest BCUT2D eigenvalue weighted by molar-refractivity contribution is 7.09. The third-order valence-corrected chi connectivity index (χ3v) is 5.54. The summed E-state index contributed by atoms with van der Waals surface area (Å²) in [5.74, 6) is 0.574. The molecule has 0 amide bonds. The summed E-state index contributed by atoms with van der Waals surface area (Å²) in [4.78, 5) is 7.14. The number of piperidine rings is 1. The van der Waals surface area contributed by atoms with E-state index >= 15 is 0 Å². The van der Waals surface area contributed by atoms with Crippen molar-refractivity contribution in [1.82, 2.24) is 9.88 Å². The van der Waals surface area contributed by atoms with E-state index in [1.807, 2.05) is 0 Å². The summed E-state index contributed by atoms with van der Waals surface area (Å²) in [7, 11) is 0. The van der Waals surface area contributed by atoms with Crippen LogP contribution >= 0.6 is 11.3 Å². The van der Waals surface area contributed by atoms with E-state index < -0.39 is 0 Å².